The van der Waals surface area contributed by atoms with Crippen LogP contribution in [-0.4, -0.2) is 33.2 Å². The van der Waals surface area contributed by atoms with E-state index in [0.29, 0.717) is 10.6 Å². The zero-order valence-corrected chi connectivity index (χ0v) is 13.6. The van der Waals surface area contributed by atoms with Gasteiger partial charge in [-0.15, -0.1) is 11.3 Å². The molecule has 1 aliphatic heterocycles. The molecule has 1 aromatic heterocycles. The number of para-hydroxylation sites is 1. The summed E-state index contributed by atoms with van der Waals surface area (Å²) >= 11 is 1.51. The predicted octanol–water partition coefficient (Wildman–Crippen LogP) is 4.18. The molecule has 23 heavy (non-hydrogen) atoms. The lowest BCUT2D eigenvalue weighted by Crippen LogP contribution is -2.23. The van der Waals surface area contributed by atoms with E-state index in [1.54, 1.807) is 5.01 Å². The number of aliphatic hydroxyl groups is 1. The van der Waals surface area contributed by atoms with Crippen LogP contribution in [0.4, 0.5) is 0 Å². The highest BCUT2D eigenvalue weighted by Gasteiger charge is 2.31. The van der Waals surface area contributed by atoms with Crippen LogP contribution < -0.4 is 0 Å². The van der Waals surface area contributed by atoms with Gasteiger partial charge in [-0.25, -0.2) is 9.99 Å². The molecule has 5 nitrogen and oxygen atoms in total. The topological polar surface area (TPSA) is 72.6 Å². The van der Waals surface area contributed by atoms with Crippen LogP contribution in [-0.2, 0) is 0 Å². The first kappa shape index (κ1) is 14.4. The summed E-state index contributed by atoms with van der Waals surface area (Å²) in [5.74, 6) is 0.439. The third-order valence-corrected chi connectivity index (χ3v) is 5.34. The number of hydrogen-bond acceptors (Lipinski definition) is 5. The summed E-state index contributed by atoms with van der Waals surface area (Å²) in [6.45, 7) is 0.271. The highest BCUT2D eigenvalue weighted by molar-refractivity contribution is 7.19. The zero-order chi connectivity index (χ0) is 15.8. The summed E-state index contributed by atoms with van der Waals surface area (Å²) in [7, 11) is 0. The van der Waals surface area contributed by atoms with Gasteiger partial charge in [-0.05, 0) is 37.8 Å². The van der Waals surface area contributed by atoms with Crippen LogP contribution in [0.25, 0.3) is 15.8 Å². The normalized spacial score (nSPS) is 19.0. The first-order valence-corrected chi connectivity index (χ1v) is 8.75. The Kier molecular flexibility index (Phi) is 3.61. The second kappa shape index (κ2) is 5.77. The van der Waals surface area contributed by atoms with Crippen LogP contribution in [0.1, 0.15) is 37.1 Å². The standard InChI is InChI=1S/C17H18N4OS/c18-16-15(17-19-12-8-4-5-9-14(12)23-17)13(22)10-21(16)20-11-6-2-1-3-7-11/h4-5,8-9,18,22H,1-3,6-7,10H2. The zero-order valence-electron chi connectivity index (χ0n) is 12.7. The fourth-order valence-corrected chi connectivity index (χ4v) is 4.12. The number of thiazole rings is 1. The molecule has 2 aliphatic rings. The molecular formula is C17H18N4OS. The third-order valence-electron chi connectivity index (χ3n) is 4.28. The SMILES string of the molecule is N=C1C(c2nc3ccccc3s2)=C(O)CN1N=C1CCCCC1. The van der Waals surface area contributed by atoms with Gasteiger partial charge in [0, 0.05) is 5.71 Å². The molecule has 0 amide bonds. The number of aliphatic hydroxyl groups excluding tert-OH is 1. The van der Waals surface area contributed by atoms with Gasteiger partial charge >= 0.3 is 0 Å². The predicted molar refractivity (Wildman–Crippen MR) is 94.1 cm³/mol. The molecular weight excluding hydrogens is 308 g/mol. The number of fused-ring (bicyclic) bond motifs is 1. The first-order valence-electron chi connectivity index (χ1n) is 7.93. The van der Waals surface area contributed by atoms with Gasteiger partial charge in [-0.2, -0.15) is 5.10 Å². The van der Waals surface area contributed by atoms with Gasteiger partial charge in [0.05, 0.1) is 15.8 Å². The number of amidine groups is 1. The third kappa shape index (κ3) is 2.63. The molecule has 0 saturated heterocycles. The van der Waals surface area contributed by atoms with Crippen LogP contribution in [0.3, 0.4) is 0 Å². The van der Waals surface area contributed by atoms with Crippen LogP contribution in [0.2, 0.25) is 0 Å². The highest BCUT2D eigenvalue weighted by Crippen LogP contribution is 2.33. The number of hydrazone groups is 1. The minimum absolute atomic E-state index is 0.189. The maximum atomic E-state index is 10.3. The average Bonchev–Trinajstić information content (AvgIpc) is 3.09. The number of rotatable bonds is 2. The Bertz CT molecular complexity index is 795. The fourth-order valence-electron chi connectivity index (χ4n) is 3.09. The molecule has 1 aliphatic carbocycles. The van der Waals surface area contributed by atoms with Crippen LogP contribution in [0, 0.1) is 5.41 Å². The molecule has 0 unspecified atom stereocenters. The van der Waals surface area contributed by atoms with Gasteiger partial charge in [0.2, 0.25) is 0 Å². The van der Waals surface area contributed by atoms with E-state index >= 15 is 0 Å². The van der Waals surface area contributed by atoms with E-state index in [2.05, 4.69) is 10.1 Å². The van der Waals surface area contributed by atoms with E-state index in [4.69, 9.17) is 5.41 Å². The Hall–Kier alpha value is -2.21. The molecule has 118 valence electrons. The van der Waals surface area contributed by atoms with Crippen molar-refractivity contribution in [1.29, 1.82) is 5.41 Å². The summed E-state index contributed by atoms with van der Waals surface area (Å²) in [4.78, 5) is 4.56. The number of nitrogens with one attached hydrogen (secondary N) is 1. The highest BCUT2D eigenvalue weighted by atomic mass is 32.1. The molecule has 2 heterocycles. The lowest BCUT2D eigenvalue weighted by atomic mass is 9.99. The maximum absolute atomic E-state index is 10.3. The smallest absolute Gasteiger partial charge is 0.155 e. The fraction of sp³-hybridized carbons (Fsp3) is 0.353. The van der Waals surface area contributed by atoms with Crippen molar-refractivity contribution in [2.24, 2.45) is 5.10 Å². The van der Waals surface area contributed by atoms with Crippen molar-refractivity contribution in [3.63, 3.8) is 0 Å². The quantitative estimate of drug-likeness (QED) is 0.869. The molecule has 0 bridgehead atoms. The lowest BCUT2D eigenvalue weighted by molar-refractivity contribution is 0.356. The first-order chi connectivity index (χ1) is 11.2. The van der Waals surface area contributed by atoms with Crippen LogP contribution in [0.5, 0.6) is 0 Å². The molecule has 1 fully saturated rings. The van der Waals surface area contributed by atoms with Crippen molar-refractivity contribution < 1.29 is 5.11 Å². The maximum Gasteiger partial charge on any atom is 0.155 e. The van der Waals surface area contributed by atoms with Crippen molar-refractivity contribution in [1.82, 2.24) is 9.99 Å². The van der Waals surface area contributed by atoms with E-state index in [0.717, 1.165) is 28.8 Å². The minimum Gasteiger partial charge on any atom is -0.509 e. The molecule has 6 heteroatoms. The lowest BCUT2D eigenvalue weighted by Gasteiger charge is -2.17. The Labute approximate surface area is 138 Å². The van der Waals surface area contributed by atoms with Crippen molar-refractivity contribution in [3.05, 3.63) is 35.0 Å². The Balaban J connectivity index is 1.64. The van der Waals surface area contributed by atoms with E-state index in [1.165, 1.54) is 30.6 Å². The van der Waals surface area contributed by atoms with Gasteiger partial charge in [-0.3, -0.25) is 5.41 Å². The molecule has 2 aromatic rings. The molecule has 0 atom stereocenters. The summed E-state index contributed by atoms with van der Waals surface area (Å²) in [5, 5.41) is 25.6. The van der Waals surface area contributed by atoms with Gasteiger partial charge in [0.1, 0.15) is 17.3 Å². The van der Waals surface area contributed by atoms with Crippen molar-refractivity contribution in [3.8, 4) is 0 Å². The van der Waals surface area contributed by atoms with E-state index in [9.17, 15) is 5.11 Å². The largest absolute Gasteiger partial charge is 0.509 e. The summed E-state index contributed by atoms with van der Waals surface area (Å²) in [6, 6.07) is 7.87. The number of benzene rings is 1. The van der Waals surface area contributed by atoms with Gasteiger partial charge in [0.15, 0.2) is 5.84 Å². The molecule has 1 saturated carbocycles. The van der Waals surface area contributed by atoms with Crippen molar-refractivity contribution >= 4 is 38.7 Å². The summed E-state index contributed by atoms with van der Waals surface area (Å²) in [5.41, 5.74) is 2.56. The average molecular weight is 326 g/mol. The molecule has 0 spiro atoms. The number of hydrogen-bond donors (Lipinski definition) is 2. The minimum atomic E-state index is 0.189. The van der Waals surface area contributed by atoms with E-state index < -0.39 is 0 Å². The van der Waals surface area contributed by atoms with Crippen LogP contribution >= 0.6 is 11.3 Å². The van der Waals surface area contributed by atoms with Crippen molar-refractivity contribution in [2.45, 2.75) is 32.1 Å². The second-order valence-electron chi connectivity index (χ2n) is 5.94. The Morgan fingerprint density at radius 1 is 1.17 bits per heavy atom. The molecule has 2 N–H and O–H groups in total. The summed E-state index contributed by atoms with van der Waals surface area (Å²) < 4.78 is 1.06. The molecule has 0 radical (unpaired) electrons. The molecule has 4 rings (SSSR count). The summed E-state index contributed by atoms with van der Waals surface area (Å²) in [6.07, 6.45) is 5.60. The number of aromatic nitrogens is 1. The monoisotopic (exact) mass is 326 g/mol. The van der Waals surface area contributed by atoms with Gasteiger partial charge in [0.25, 0.3) is 0 Å². The van der Waals surface area contributed by atoms with E-state index in [1.807, 2.05) is 24.3 Å². The van der Waals surface area contributed by atoms with E-state index in [-0.39, 0.29) is 18.1 Å². The number of nitrogens with zero attached hydrogens (tertiary/aromatic N) is 3. The van der Waals surface area contributed by atoms with Crippen LogP contribution in [0.15, 0.2) is 35.1 Å². The van der Waals surface area contributed by atoms with Gasteiger partial charge < -0.3 is 5.11 Å². The second-order valence-corrected chi connectivity index (χ2v) is 6.97. The van der Waals surface area contributed by atoms with Gasteiger partial charge in [-0.1, -0.05) is 18.6 Å². The Morgan fingerprint density at radius 2 is 1.96 bits per heavy atom. The van der Waals surface area contributed by atoms with Crippen molar-refractivity contribution in [2.75, 3.05) is 6.54 Å². The Morgan fingerprint density at radius 3 is 2.74 bits per heavy atom. The molecule has 1 aromatic carbocycles.